The molecule has 132 valence electrons. The van der Waals surface area contributed by atoms with Crippen LogP contribution in [0.25, 0.3) is 0 Å². The second-order valence-electron chi connectivity index (χ2n) is 7.78. The first-order valence-electron chi connectivity index (χ1n) is 7.20. The van der Waals surface area contributed by atoms with Gasteiger partial charge in [-0.15, -0.1) is 0 Å². The summed E-state index contributed by atoms with van der Waals surface area (Å²) in [6.45, 7) is 12.3. The Hall–Kier alpha value is 0.0400. The third-order valence-electron chi connectivity index (χ3n) is 2.23. The fourth-order valence-corrected chi connectivity index (χ4v) is 3.43. The van der Waals surface area contributed by atoms with Crippen molar-refractivity contribution < 1.29 is 28.0 Å². The highest BCUT2D eigenvalue weighted by Crippen LogP contribution is 2.50. The van der Waals surface area contributed by atoms with Crippen molar-refractivity contribution in [3.63, 3.8) is 0 Å². The summed E-state index contributed by atoms with van der Waals surface area (Å²) >= 11 is 0. The molecule has 22 heavy (non-hydrogen) atoms. The van der Waals surface area contributed by atoms with Crippen LogP contribution >= 0.6 is 15.2 Å². The zero-order chi connectivity index (χ0) is 17.7. The van der Waals surface area contributed by atoms with Crippen LogP contribution in [0.1, 0.15) is 41.5 Å². The van der Waals surface area contributed by atoms with E-state index in [1.165, 1.54) is 12.2 Å². The first-order chi connectivity index (χ1) is 9.62. The maximum atomic E-state index is 12.7. The number of rotatable bonds is 8. The van der Waals surface area contributed by atoms with E-state index >= 15 is 0 Å². The van der Waals surface area contributed by atoms with E-state index in [0.717, 1.165) is 0 Å². The van der Waals surface area contributed by atoms with Gasteiger partial charge in [0.05, 0.1) is 25.5 Å². The average Bonchev–Trinajstić information content (AvgIpc) is 2.27. The Labute approximate surface area is 134 Å². The van der Waals surface area contributed by atoms with Crippen LogP contribution in [0.4, 0.5) is 0 Å². The summed E-state index contributed by atoms with van der Waals surface area (Å²) in [7, 11) is -7.42. The number of allylic oxidation sites excluding steroid dienone is 2. The Balaban J connectivity index is 4.78. The Morgan fingerprint density at radius 3 is 1.50 bits per heavy atom. The molecule has 8 heteroatoms. The molecule has 0 aliphatic carbocycles. The molecule has 0 fully saturated rings. The molecule has 0 radical (unpaired) electrons. The van der Waals surface area contributed by atoms with Gasteiger partial charge in [0.2, 0.25) is 0 Å². The van der Waals surface area contributed by atoms with Gasteiger partial charge in [0, 0.05) is 0 Å². The monoisotopic (exact) mass is 356 g/mol. The van der Waals surface area contributed by atoms with Crippen molar-refractivity contribution in [3.05, 3.63) is 12.2 Å². The van der Waals surface area contributed by atoms with Gasteiger partial charge < -0.3 is 18.8 Å². The van der Waals surface area contributed by atoms with Crippen LogP contribution in [0.5, 0.6) is 0 Å². The minimum Gasteiger partial charge on any atom is -0.324 e. The van der Waals surface area contributed by atoms with Crippen LogP contribution in [0.15, 0.2) is 12.2 Å². The molecule has 0 rings (SSSR count). The van der Waals surface area contributed by atoms with Crippen molar-refractivity contribution in [1.82, 2.24) is 0 Å². The second-order valence-corrected chi connectivity index (χ2v) is 11.6. The molecule has 6 nitrogen and oxygen atoms in total. The molecule has 0 amide bonds. The zero-order valence-electron chi connectivity index (χ0n) is 14.4. The zero-order valence-corrected chi connectivity index (χ0v) is 16.2. The van der Waals surface area contributed by atoms with Gasteiger partial charge in [-0.1, -0.05) is 53.7 Å². The Bertz CT molecular complexity index is 431. The van der Waals surface area contributed by atoms with Crippen molar-refractivity contribution in [2.45, 2.75) is 41.5 Å². The lowest BCUT2D eigenvalue weighted by molar-refractivity contribution is 0.124. The van der Waals surface area contributed by atoms with E-state index in [1.807, 2.05) is 41.5 Å². The van der Waals surface area contributed by atoms with Gasteiger partial charge in [0.1, 0.15) is 0 Å². The molecule has 0 aromatic rings. The molecule has 0 unspecified atom stereocenters. The Morgan fingerprint density at radius 2 is 1.18 bits per heavy atom. The highest BCUT2D eigenvalue weighted by Gasteiger charge is 2.28. The maximum Gasteiger partial charge on any atom is 0.334 e. The van der Waals surface area contributed by atoms with Crippen LogP contribution in [0, 0.1) is 10.8 Å². The summed E-state index contributed by atoms with van der Waals surface area (Å²) in [5, 5.41) is 0. The second kappa shape index (κ2) is 8.23. The molecule has 0 heterocycles. The smallest absolute Gasteiger partial charge is 0.324 e. The van der Waals surface area contributed by atoms with E-state index in [-0.39, 0.29) is 36.4 Å². The van der Waals surface area contributed by atoms with Gasteiger partial charge in [-0.05, 0) is 10.8 Å². The summed E-state index contributed by atoms with van der Waals surface area (Å²) in [6, 6.07) is 0. The van der Waals surface area contributed by atoms with Crippen LogP contribution in [-0.2, 0) is 18.2 Å². The molecule has 0 atom stereocenters. The molecule has 0 aliphatic heterocycles. The fourth-order valence-electron chi connectivity index (χ4n) is 1.14. The van der Waals surface area contributed by atoms with Gasteiger partial charge in [-0.25, -0.2) is 0 Å². The average molecular weight is 356 g/mol. The van der Waals surface area contributed by atoms with Crippen LogP contribution in [0.3, 0.4) is 0 Å². The number of hydrogen-bond donors (Lipinski definition) is 2. The van der Waals surface area contributed by atoms with Crippen molar-refractivity contribution in [2.75, 3.05) is 25.5 Å². The minimum atomic E-state index is -4.09. The molecular weight excluding hydrogens is 326 g/mol. The third-order valence-corrected chi connectivity index (χ3v) is 4.62. The van der Waals surface area contributed by atoms with Gasteiger partial charge in [-0.2, -0.15) is 0 Å². The first kappa shape index (κ1) is 22.0. The van der Waals surface area contributed by atoms with Crippen LogP contribution in [0.2, 0.25) is 0 Å². The predicted molar refractivity (Wildman–Crippen MR) is 89.3 cm³/mol. The van der Waals surface area contributed by atoms with Gasteiger partial charge in [-0.3, -0.25) is 9.13 Å². The van der Waals surface area contributed by atoms with Crippen molar-refractivity contribution in [2.24, 2.45) is 10.8 Å². The molecule has 0 aromatic carbocycles. The van der Waals surface area contributed by atoms with E-state index < -0.39 is 15.2 Å². The van der Waals surface area contributed by atoms with E-state index in [4.69, 9.17) is 18.8 Å². The summed E-state index contributed by atoms with van der Waals surface area (Å²) in [5.41, 5.74) is -0.313. The molecule has 0 aromatic heterocycles. The van der Waals surface area contributed by atoms with Crippen LogP contribution < -0.4 is 0 Å². The van der Waals surface area contributed by atoms with E-state index in [0.29, 0.717) is 0 Å². The highest BCUT2D eigenvalue weighted by atomic mass is 31.2. The summed E-state index contributed by atoms with van der Waals surface area (Å²) in [6.07, 6.45) is 2.38. The third kappa shape index (κ3) is 13.7. The summed E-state index contributed by atoms with van der Waals surface area (Å²) < 4.78 is 34.5. The Morgan fingerprint density at radius 1 is 0.818 bits per heavy atom. The largest absolute Gasteiger partial charge is 0.334 e. The lowest BCUT2D eigenvalue weighted by Crippen LogP contribution is -2.18. The van der Waals surface area contributed by atoms with Crippen molar-refractivity contribution >= 4 is 15.2 Å². The fraction of sp³-hybridized carbons (Fsp3) is 0.857. The van der Waals surface area contributed by atoms with E-state index in [1.54, 1.807) is 0 Å². The SMILES string of the molecule is CC(C)(C)COP(=O)(CC=CCP(=O)(O)O)OCC(C)(C)C. The van der Waals surface area contributed by atoms with Gasteiger partial charge in [0.15, 0.2) is 0 Å². The molecular formula is C14H30O6P2. The first-order valence-corrected chi connectivity index (χ1v) is 10.7. The van der Waals surface area contributed by atoms with Crippen LogP contribution in [-0.4, -0.2) is 35.3 Å². The maximum absolute atomic E-state index is 12.7. The van der Waals surface area contributed by atoms with E-state index in [9.17, 15) is 9.13 Å². The summed E-state index contributed by atoms with van der Waals surface area (Å²) in [4.78, 5) is 17.6. The van der Waals surface area contributed by atoms with Gasteiger partial charge in [0.25, 0.3) is 0 Å². The van der Waals surface area contributed by atoms with Gasteiger partial charge >= 0.3 is 15.2 Å². The standard InChI is InChI=1S/C14H30O6P2/c1-13(2,3)11-19-22(18,20-12-14(4,5)6)10-8-7-9-21(15,16)17/h7-8H,9-12H2,1-6H3,(H2,15,16,17). The molecule has 0 saturated heterocycles. The lowest BCUT2D eigenvalue weighted by atomic mass is 9.99. The highest BCUT2D eigenvalue weighted by molar-refractivity contribution is 7.54. The Kier molecular flexibility index (Phi) is 8.25. The molecule has 0 bridgehead atoms. The molecule has 0 aliphatic rings. The lowest BCUT2D eigenvalue weighted by Gasteiger charge is -2.26. The topological polar surface area (TPSA) is 93.1 Å². The summed E-state index contributed by atoms with van der Waals surface area (Å²) in [5.74, 6) is 0. The quantitative estimate of drug-likeness (QED) is 0.504. The molecule has 0 spiro atoms. The van der Waals surface area contributed by atoms with E-state index in [2.05, 4.69) is 0 Å². The predicted octanol–water partition coefficient (Wildman–Crippen LogP) is 4.04. The number of hydrogen-bond acceptors (Lipinski definition) is 4. The minimum absolute atomic E-state index is 0.000833. The molecule has 0 saturated carbocycles. The molecule has 2 N–H and O–H groups in total. The van der Waals surface area contributed by atoms with Crippen molar-refractivity contribution in [1.29, 1.82) is 0 Å². The van der Waals surface area contributed by atoms with Crippen molar-refractivity contribution in [3.8, 4) is 0 Å². The normalized spacial score (nSPS) is 14.7.